The van der Waals surface area contributed by atoms with E-state index in [1.165, 1.54) is 25.1 Å². The van der Waals surface area contributed by atoms with Crippen LogP contribution in [0.2, 0.25) is 0 Å². The minimum Gasteiger partial charge on any atom is -0.475 e. The number of ketones is 3. The first-order valence-electron chi connectivity index (χ1n) is 9.52. The van der Waals surface area contributed by atoms with Gasteiger partial charge in [-0.1, -0.05) is 54.6 Å². The van der Waals surface area contributed by atoms with E-state index in [9.17, 15) is 23.6 Å². The number of carbonyl (C=O) groups excluding carboxylic acids is 3. The number of hydrogen-bond acceptors (Lipinski definition) is 4. The Morgan fingerprint density at radius 2 is 1.42 bits per heavy atom. The summed E-state index contributed by atoms with van der Waals surface area (Å²) in [5.74, 6) is -4.71. The van der Waals surface area contributed by atoms with Gasteiger partial charge < -0.3 is 5.11 Å². The second-order valence-electron chi connectivity index (χ2n) is 7.09. The van der Waals surface area contributed by atoms with E-state index in [-0.39, 0.29) is 11.3 Å². The Balaban J connectivity index is 2.11. The standard InChI is InChI=1S/C25H19FO5/c1-15(27)16-6-4-8-18(12-16)24(20-10-2-3-11-21(20)26)19-9-5-7-17(13-19)22(28)14-23(29)25(30)31/h2-13,24H,14H2,1H3,(H,30,31). The Hall–Kier alpha value is -3.93. The van der Waals surface area contributed by atoms with Crippen molar-refractivity contribution in [2.75, 3.05) is 0 Å². The Labute approximate surface area is 178 Å². The molecule has 1 atom stereocenters. The maximum atomic E-state index is 14.7. The monoisotopic (exact) mass is 418 g/mol. The van der Waals surface area contributed by atoms with Crippen molar-refractivity contribution in [1.82, 2.24) is 0 Å². The topological polar surface area (TPSA) is 88.5 Å². The van der Waals surface area contributed by atoms with Gasteiger partial charge >= 0.3 is 5.97 Å². The maximum Gasteiger partial charge on any atom is 0.372 e. The number of carboxylic acids is 1. The van der Waals surface area contributed by atoms with Crippen LogP contribution in [0.4, 0.5) is 4.39 Å². The second-order valence-corrected chi connectivity index (χ2v) is 7.09. The van der Waals surface area contributed by atoms with Gasteiger partial charge in [0.25, 0.3) is 0 Å². The summed E-state index contributed by atoms with van der Waals surface area (Å²) in [5, 5.41) is 8.75. The SMILES string of the molecule is CC(=O)c1cccc(C(c2cccc(C(=O)CC(=O)C(=O)O)c2)c2ccccc2F)c1. The summed E-state index contributed by atoms with van der Waals surface area (Å²) in [4.78, 5) is 46.5. The number of rotatable bonds is 8. The number of Topliss-reactive ketones (excluding diaryl/α,β-unsaturated/α-hetero) is 3. The lowest BCUT2D eigenvalue weighted by atomic mass is 9.83. The molecule has 0 saturated carbocycles. The smallest absolute Gasteiger partial charge is 0.372 e. The van der Waals surface area contributed by atoms with Crippen LogP contribution in [-0.2, 0) is 9.59 Å². The van der Waals surface area contributed by atoms with Crippen LogP contribution in [0.3, 0.4) is 0 Å². The molecule has 0 saturated heterocycles. The van der Waals surface area contributed by atoms with Crippen molar-refractivity contribution in [1.29, 1.82) is 0 Å². The Bertz CT molecular complexity index is 1180. The van der Waals surface area contributed by atoms with Crippen LogP contribution >= 0.6 is 0 Å². The van der Waals surface area contributed by atoms with E-state index in [1.54, 1.807) is 54.6 Å². The van der Waals surface area contributed by atoms with E-state index >= 15 is 0 Å². The molecule has 156 valence electrons. The molecule has 3 aromatic rings. The number of aliphatic carboxylic acids is 1. The minimum atomic E-state index is -1.67. The van der Waals surface area contributed by atoms with Crippen LogP contribution in [0, 0.1) is 5.82 Å². The fraction of sp³-hybridized carbons (Fsp3) is 0.120. The molecule has 0 aliphatic rings. The van der Waals surface area contributed by atoms with Gasteiger partial charge in [-0.3, -0.25) is 14.4 Å². The van der Waals surface area contributed by atoms with Crippen LogP contribution in [0.15, 0.2) is 72.8 Å². The fourth-order valence-corrected chi connectivity index (χ4v) is 3.41. The molecule has 0 aliphatic carbocycles. The minimum absolute atomic E-state index is 0.134. The molecule has 0 aliphatic heterocycles. The quantitative estimate of drug-likeness (QED) is 0.253. The zero-order chi connectivity index (χ0) is 22.5. The highest BCUT2D eigenvalue weighted by atomic mass is 19.1. The molecule has 6 heteroatoms. The van der Waals surface area contributed by atoms with Crippen molar-refractivity contribution in [2.24, 2.45) is 0 Å². The third kappa shape index (κ3) is 4.98. The van der Waals surface area contributed by atoms with Crippen molar-refractivity contribution in [3.63, 3.8) is 0 Å². The zero-order valence-corrected chi connectivity index (χ0v) is 16.7. The Kier molecular flexibility index (Phi) is 6.50. The van der Waals surface area contributed by atoms with Crippen molar-refractivity contribution in [3.8, 4) is 0 Å². The van der Waals surface area contributed by atoms with E-state index in [0.29, 0.717) is 22.3 Å². The zero-order valence-electron chi connectivity index (χ0n) is 16.7. The lowest BCUT2D eigenvalue weighted by molar-refractivity contribution is -0.148. The number of carbonyl (C=O) groups is 4. The van der Waals surface area contributed by atoms with Gasteiger partial charge in [-0.05, 0) is 41.8 Å². The van der Waals surface area contributed by atoms with Gasteiger partial charge in [-0.15, -0.1) is 0 Å². The van der Waals surface area contributed by atoms with Crippen molar-refractivity contribution in [3.05, 3.63) is 106 Å². The summed E-state index contributed by atoms with van der Waals surface area (Å²) in [6.45, 7) is 1.44. The molecule has 3 aromatic carbocycles. The summed E-state index contributed by atoms with van der Waals surface area (Å²) in [5.41, 5.74) is 2.20. The highest BCUT2D eigenvalue weighted by Crippen LogP contribution is 2.34. The Morgan fingerprint density at radius 3 is 2.00 bits per heavy atom. The van der Waals surface area contributed by atoms with Crippen molar-refractivity contribution in [2.45, 2.75) is 19.3 Å². The number of hydrogen-bond donors (Lipinski definition) is 1. The van der Waals surface area contributed by atoms with Crippen LogP contribution in [0.1, 0.15) is 56.7 Å². The molecule has 0 aromatic heterocycles. The largest absolute Gasteiger partial charge is 0.475 e. The summed E-state index contributed by atoms with van der Waals surface area (Å²) in [6, 6.07) is 19.4. The van der Waals surface area contributed by atoms with Gasteiger partial charge in [0, 0.05) is 17.0 Å². The molecule has 0 radical (unpaired) electrons. The van der Waals surface area contributed by atoms with E-state index in [4.69, 9.17) is 5.11 Å². The van der Waals surface area contributed by atoms with Gasteiger partial charge in [0.2, 0.25) is 5.78 Å². The van der Waals surface area contributed by atoms with Crippen LogP contribution in [-0.4, -0.2) is 28.4 Å². The number of carboxylic acid groups (broad SMARTS) is 1. The summed E-state index contributed by atoms with van der Waals surface area (Å²) in [6.07, 6.45) is -0.761. The summed E-state index contributed by atoms with van der Waals surface area (Å²) >= 11 is 0. The fourth-order valence-electron chi connectivity index (χ4n) is 3.41. The molecule has 0 heterocycles. The normalized spacial score (nSPS) is 11.5. The van der Waals surface area contributed by atoms with E-state index in [0.717, 1.165) is 0 Å². The molecule has 1 unspecified atom stereocenters. The van der Waals surface area contributed by atoms with Gasteiger partial charge in [0.1, 0.15) is 5.82 Å². The highest BCUT2D eigenvalue weighted by Gasteiger charge is 2.23. The molecule has 0 spiro atoms. The van der Waals surface area contributed by atoms with E-state index in [1.807, 2.05) is 0 Å². The summed E-state index contributed by atoms with van der Waals surface area (Å²) in [7, 11) is 0. The van der Waals surface area contributed by atoms with Crippen LogP contribution in [0.25, 0.3) is 0 Å². The van der Waals surface area contributed by atoms with Crippen molar-refractivity contribution >= 4 is 23.3 Å². The molecule has 3 rings (SSSR count). The lowest BCUT2D eigenvalue weighted by Gasteiger charge is -2.20. The first-order valence-corrected chi connectivity index (χ1v) is 9.52. The van der Waals surface area contributed by atoms with E-state index in [2.05, 4.69) is 0 Å². The van der Waals surface area contributed by atoms with Crippen LogP contribution in [0.5, 0.6) is 0 Å². The predicted molar refractivity (Wildman–Crippen MR) is 112 cm³/mol. The average molecular weight is 418 g/mol. The van der Waals surface area contributed by atoms with Crippen molar-refractivity contribution < 1.29 is 28.7 Å². The van der Waals surface area contributed by atoms with Gasteiger partial charge in [0.15, 0.2) is 11.6 Å². The third-order valence-corrected chi connectivity index (χ3v) is 4.94. The molecule has 0 amide bonds. The third-order valence-electron chi connectivity index (χ3n) is 4.94. The number of halogens is 1. The highest BCUT2D eigenvalue weighted by molar-refractivity contribution is 6.37. The second kappa shape index (κ2) is 9.26. The first-order chi connectivity index (χ1) is 14.8. The van der Waals surface area contributed by atoms with Gasteiger partial charge in [-0.25, -0.2) is 9.18 Å². The molecular weight excluding hydrogens is 399 g/mol. The van der Waals surface area contributed by atoms with E-state index < -0.39 is 35.7 Å². The van der Waals surface area contributed by atoms with Gasteiger partial charge in [-0.2, -0.15) is 0 Å². The Morgan fingerprint density at radius 1 is 0.839 bits per heavy atom. The molecule has 5 nitrogen and oxygen atoms in total. The van der Waals surface area contributed by atoms with Crippen LogP contribution < -0.4 is 0 Å². The first kappa shape index (κ1) is 21.8. The number of benzene rings is 3. The van der Waals surface area contributed by atoms with Gasteiger partial charge in [0.05, 0.1) is 6.42 Å². The molecule has 0 fully saturated rings. The average Bonchev–Trinajstić information content (AvgIpc) is 2.75. The predicted octanol–water partition coefficient (Wildman–Crippen LogP) is 4.44. The molecule has 0 bridgehead atoms. The maximum absolute atomic E-state index is 14.7. The summed E-state index contributed by atoms with van der Waals surface area (Å²) < 4.78 is 14.7. The molecule has 1 N–H and O–H groups in total. The molecular formula is C25H19FO5. The lowest BCUT2D eigenvalue weighted by Crippen LogP contribution is -2.17. The molecule has 31 heavy (non-hydrogen) atoms.